The number of rotatable bonds is 2. The topological polar surface area (TPSA) is 43.1 Å². The maximum absolute atomic E-state index is 11.1. The molecule has 0 aromatic heterocycles. The monoisotopic (exact) mass is 345 g/mol. The molecular weight excluding hydrogens is 341 g/mol. The molecule has 0 aliphatic rings. The van der Waals surface area contributed by atoms with Gasteiger partial charge in [0.25, 0.3) is 5.69 Å². The molecule has 92 valence electrons. The van der Waals surface area contributed by atoms with Gasteiger partial charge in [0.15, 0.2) is 0 Å². The van der Waals surface area contributed by atoms with Gasteiger partial charge in [-0.15, -0.1) is 0 Å². The van der Waals surface area contributed by atoms with Crippen LogP contribution in [0.15, 0.2) is 40.9 Å². The Morgan fingerprint density at radius 3 is 2.44 bits per heavy atom. The number of halogens is 3. The third kappa shape index (κ3) is 2.51. The molecule has 0 atom stereocenters. The number of benzene rings is 2. The number of nitro groups is 1. The van der Waals surface area contributed by atoms with Crippen LogP contribution in [-0.4, -0.2) is 4.92 Å². The Morgan fingerprint density at radius 1 is 1.17 bits per heavy atom. The van der Waals surface area contributed by atoms with E-state index < -0.39 is 4.92 Å². The minimum atomic E-state index is -0.477. The summed E-state index contributed by atoms with van der Waals surface area (Å²) >= 11 is 15.2. The van der Waals surface area contributed by atoms with Gasteiger partial charge in [-0.1, -0.05) is 41.4 Å². The maximum Gasteiger partial charge on any atom is 0.279 e. The molecule has 2 aromatic carbocycles. The van der Waals surface area contributed by atoms with E-state index in [-0.39, 0.29) is 5.69 Å². The van der Waals surface area contributed by atoms with Gasteiger partial charge in [0, 0.05) is 26.1 Å². The molecule has 0 fully saturated rings. The average molecular weight is 347 g/mol. The number of nitrogens with zero attached hydrogens (tertiary/aromatic N) is 1. The molecule has 0 unspecified atom stereocenters. The predicted molar refractivity (Wildman–Crippen MR) is 76.3 cm³/mol. The molecule has 18 heavy (non-hydrogen) atoms. The fraction of sp³-hybridized carbons (Fsp3) is 0. The molecule has 3 nitrogen and oxygen atoms in total. The Bertz CT molecular complexity index is 631. The fourth-order valence-electron chi connectivity index (χ4n) is 1.63. The van der Waals surface area contributed by atoms with Crippen LogP contribution in [0.1, 0.15) is 0 Å². The van der Waals surface area contributed by atoms with Crippen LogP contribution in [0.5, 0.6) is 0 Å². The van der Waals surface area contributed by atoms with Crippen LogP contribution in [0.2, 0.25) is 10.0 Å². The Balaban J connectivity index is 2.78. The molecule has 0 aliphatic carbocycles. The van der Waals surface area contributed by atoms with E-state index in [9.17, 15) is 10.1 Å². The van der Waals surface area contributed by atoms with E-state index in [4.69, 9.17) is 23.2 Å². The molecule has 0 bridgehead atoms. The third-order valence-electron chi connectivity index (χ3n) is 2.37. The average Bonchev–Trinajstić information content (AvgIpc) is 2.29. The quantitative estimate of drug-likeness (QED) is 0.544. The van der Waals surface area contributed by atoms with Crippen molar-refractivity contribution in [2.24, 2.45) is 0 Å². The first-order valence-electron chi connectivity index (χ1n) is 4.89. The molecule has 2 aromatic rings. The largest absolute Gasteiger partial charge is 0.279 e. The summed E-state index contributed by atoms with van der Waals surface area (Å²) in [6, 6.07) is 9.86. The summed E-state index contributed by atoms with van der Waals surface area (Å²) in [5.41, 5.74) is 0.937. The maximum atomic E-state index is 11.1. The third-order valence-corrected chi connectivity index (χ3v) is 3.55. The number of nitro benzene ring substituents is 1. The first kappa shape index (κ1) is 13.3. The zero-order valence-corrected chi connectivity index (χ0v) is 12.0. The zero-order chi connectivity index (χ0) is 13.3. The normalized spacial score (nSPS) is 10.4. The Morgan fingerprint density at radius 2 is 1.83 bits per heavy atom. The molecule has 0 N–H and O–H groups in total. The lowest BCUT2D eigenvalue weighted by molar-refractivity contribution is -0.384. The zero-order valence-electron chi connectivity index (χ0n) is 8.86. The number of hydrogen-bond acceptors (Lipinski definition) is 2. The highest BCUT2D eigenvalue weighted by molar-refractivity contribution is 9.10. The standard InChI is InChI=1S/C12H6BrCl2NO2/c13-9-5-7(14)6-11(16(17)18)12(9)8-3-1-2-4-10(8)15/h1-6H. The summed E-state index contributed by atoms with van der Waals surface area (Å²) < 4.78 is 0.537. The van der Waals surface area contributed by atoms with Crippen molar-refractivity contribution in [3.8, 4) is 11.1 Å². The van der Waals surface area contributed by atoms with E-state index in [1.165, 1.54) is 6.07 Å². The first-order chi connectivity index (χ1) is 8.50. The van der Waals surface area contributed by atoms with Crippen molar-refractivity contribution in [3.05, 3.63) is 61.0 Å². The molecular formula is C12H6BrCl2NO2. The molecule has 2 rings (SSSR count). The highest BCUT2D eigenvalue weighted by atomic mass is 79.9. The van der Waals surface area contributed by atoms with E-state index in [0.29, 0.717) is 25.6 Å². The molecule has 0 aliphatic heterocycles. The molecule has 0 spiro atoms. The predicted octanol–water partition coefficient (Wildman–Crippen LogP) is 5.33. The van der Waals surface area contributed by atoms with Crippen LogP contribution < -0.4 is 0 Å². The van der Waals surface area contributed by atoms with E-state index in [0.717, 1.165) is 0 Å². The van der Waals surface area contributed by atoms with Crippen molar-refractivity contribution in [1.29, 1.82) is 0 Å². The van der Waals surface area contributed by atoms with Gasteiger partial charge >= 0.3 is 0 Å². The summed E-state index contributed by atoms with van der Waals surface area (Å²) in [6.45, 7) is 0. The Labute approximate surface area is 122 Å². The van der Waals surface area contributed by atoms with Gasteiger partial charge < -0.3 is 0 Å². The highest BCUT2D eigenvalue weighted by Crippen LogP contribution is 2.41. The number of hydrogen-bond donors (Lipinski definition) is 0. The molecule has 0 radical (unpaired) electrons. The lowest BCUT2D eigenvalue weighted by atomic mass is 10.0. The van der Waals surface area contributed by atoms with Crippen LogP contribution in [0.3, 0.4) is 0 Å². The van der Waals surface area contributed by atoms with Crippen molar-refractivity contribution in [1.82, 2.24) is 0 Å². The summed E-state index contributed by atoms with van der Waals surface area (Å²) in [5, 5.41) is 11.8. The highest BCUT2D eigenvalue weighted by Gasteiger charge is 2.21. The van der Waals surface area contributed by atoms with E-state index in [2.05, 4.69) is 15.9 Å². The fourth-order valence-corrected chi connectivity index (χ4v) is 2.87. The van der Waals surface area contributed by atoms with Crippen LogP contribution in [-0.2, 0) is 0 Å². The summed E-state index contributed by atoms with van der Waals surface area (Å²) in [5.74, 6) is 0. The molecule has 0 saturated carbocycles. The second kappa shape index (κ2) is 5.26. The summed E-state index contributed by atoms with van der Waals surface area (Å²) in [7, 11) is 0. The van der Waals surface area contributed by atoms with E-state index >= 15 is 0 Å². The second-order valence-electron chi connectivity index (χ2n) is 3.52. The van der Waals surface area contributed by atoms with Gasteiger partial charge in [0.1, 0.15) is 0 Å². The van der Waals surface area contributed by atoms with Gasteiger partial charge in [0.2, 0.25) is 0 Å². The van der Waals surface area contributed by atoms with Gasteiger partial charge in [-0.3, -0.25) is 10.1 Å². The Hall–Kier alpha value is -1.10. The van der Waals surface area contributed by atoms with Crippen molar-refractivity contribution in [2.45, 2.75) is 0 Å². The van der Waals surface area contributed by atoms with Crippen molar-refractivity contribution in [3.63, 3.8) is 0 Å². The lowest BCUT2D eigenvalue weighted by Crippen LogP contribution is -1.94. The van der Waals surface area contributed by atoms with Crippen LogP contribution in [0, 0.1) is 10.1 Å². The SMILES string of the molecule is O=[N+]([O-])c1cc(Cl)cc(Br)c1-c1ccccc1Cl. The van der Waals surface area contributed by atoms with Gasteiger partial charge in [-0.25, -0.2) is 0 Å². The van der Waals surface area contributed by atoms with Gasteiger partial charge in [0.05, 0.1) is 10.5 Å². The smallest absolute Gasteiger partial charge is 0.258 e. The van der Waals surface area contributed by atoms with Crippen LogP contribution in [0.25, 0.3) is 11.1 Å². The first-order valence-corrected chi connectivity index (χ1v) is 6.44. The van der Waals surface area contributed by atoms with E-state index in [1.807, 2.05) is 0 Å². The minimum absolute atomic E-state index is 0.0810. The van der Waals surface area contributed by atoms with Gasteiger partial charge in [-0.05, 0) is 28.1 Å². The van der Waals surface area contributed by atoms with Crippen LogP contribution in [0.4, 0.5) is 5.69 Å². The summed E-state index contributed by atoms with van der Waals surface area (Å²) in [6.07, 6.45) is 0. The van der Waals surface area contributed by atoms with Crippen LogP contribution >= 0.6 is 39.1 Å². The lowest BCUT2D eigenvalue weighted by Gasteiger charge is -2.08. The Kier molecular flexibility index (Phi) is 3.90. The van der Waals surface area contributed by atoms with Crippen molar-refractivity contribution >= 4 is 44.8 Å². The minimum Gasteiger partial charge on any atom is -0.258 e. The molecule has 0 heterocycles. The molecule has 6 heteroatoms. The molecule has 0 saturated heterocycles. The second-order valence-corrected chi connectivity index (χ2v) is 5.22. The van der Waals surface area contributed by atoms with E-state index in [1.54, 1.807) is 30.3 Å². The molecule has 0 amide bonds. The van der Waals surface area contributed by atoms with Crippen molar-refractivity contribution < 1.29 is 4.92 Å². The summed E-state index contributed by atoms with van der Waals surface area (Å²) in [4.78, 5) is 10.6. The van der Waals surface area contributed by atoms with Crippen molar-refractivity contribution in [2.75, 3.05) is 0 Å². The van der Waals surface area contributed by atoms with Gasteiger partial charge in [-0.2, -0.15) is 0 Å².